The van der Waals surface area contributed by atoms with E-state index in [1.165, 1.54) is 18.4 Å². The van der Waals surface area contributed by atoms with Crippen molar-refractivity contribution in [1.29, 1.82) is 0 Å². The molecule has 1 aromatic heterocycles. The highest BCUT2D eigenvalue weighted by Crippen LogP contribution is 2.33. The van der Waals surface area contributed by atoms with E-state index >= 15 is 0 Å². The molecule has 0 aliphatic heterocycles. The molecule has 0 radical (unpaired) electrons. The van der Waals surface area contributed by atoms with Crippen molar-refractivity contribution in [2.24, 2.45) is 4.99 Å². The van der Waals surface area contributed by atoms with E-state index in [9.17, 15) is 9.59 Å². The number of esters is 1. The molecule has 0 saturated heterocycles. The molecule has 0 atom stereocenters. The van der Waals surface area contributed by atoms with Crippen molar-refractivity contribution < 1.29 is 23.8 Å². The summed E-state index contributed by atoms with van der Waals surface area (Å²) in [5.74, 6) is 0.401. The Hall–Kier alpha value is -3.13. The molecule has 1 amide bonds. The normalized spacial score (nSPS) is 11.5. The number of carbonyl (C=O) groups excluding carboxylic acids is 2. The lowest BCUT2D eigenvalue weighted by atomic mass is 10.1. The van der Waals surface area contributed by atoms with Gasteiger partial charge in [0.25, 0.3) is 5.91 Å². The number of methoxy groups -OCH3 is 3. The van der Waals surface area contributed by atoms with Gasteiger partial charge in [0.2, 0.25) is 0 Å². The van der Waals surface area contributed by atoms with E-state index in [1.54, 1.807) is 38.5 Å². The minimum absolute atomic E-state index is 0.378. The van der Waals surface area contributed by atoms with E-state index in [0.717, 1.165) is 10.2 Å². The Bertz CT molecular complexity index is 1100. The minimum atomic E-state index is -0.452. The quantitative estimate of drug-likeness (QED) is 0.614. The van der Waals surface area contributed by atoms with Gasteiger partial charge >= 0.3 is 5.97 Å². The zero-order valence-electron chi connectivity index (χ0n) is 16.0. The van der Waals surface area contributed by atoms with Gasteiger partial charge in [-0.05, 0) is 31.2 Å². The van der Waals surface area contributed by atoms with E-state index < -0.39 is 5.97 Å². The van der Waals surface area contributed by atoms with E-state index in [2.05, 4.69) is 9.73 Å². The van der Waals surface area contributed by atoms with Crippen LogP contribution in [-0.2, 0) is 11.3 Å². The molecule has 3 rings (SSSR count). The molecule has 0 saturated carbocycles. The van der Waals surface area contributed by atoms with Crippen LogP contribution in [0.5, 0.6) is 11.5 Å². The summed E-state index contributed by atoms with van der Waals surface area (Å²) in [7, 11) is 4.47. The molecule has 146 valence electrons. The number of aryl methyl sites for hydroxylation is 1. The van der Waals surface area contributed by atoms with Gasteiger partial charge in [-0.3, -0.25) is 4.79 Å². The van der Waals surface area contributed by atoms with Crippen LogP contribution in [0.25, 0.3) is 10.2 Å². The average Bonchev–Trinajstić information content (AvgIpc) is 3.07. The Balaban J connectivity index is 2.05. The molecule has 0 N–H and O–H groups in total. The lowest BCUT2D eigenvalue weighted by Gasteiger charge is -2.08. The molecule has 3 aromatic rings. The van der Waals surface area contributed by atoms with E-state index in [4.69, 9.17) is 9.47 Å². The molecule has 0 unspecified atom stereocenters. The van der Waals surface area contributed by atoms with E-state index in [0.29, 0.717) is 34.0 Å². The number of hydrogen-bond acceptors (Lipinski definition) is 6. The summed E-state index contributed by atoms with van der Waals surface area (Å²) in [6.07, 6.45) is 0. The SMILES string of the molecule is CCn1c(=NC(=O)c2ccc(C(=O)OC)cc2)sc2cc(OC)c(OC)cc21. The molecule has 2 aromatic carbocycles. The predicted molar refractivity (Wildman–Crippen MR) is 106 cm³/mol. The summed E-state index contributed by atoms with van der Waals surface area (Å²) >= 11 is 1.40. The summed E-state index contributed by atoms with van der Waals surface area (Å²) in [6, 6.07) is 9.97. The van der Waals surface area contributed by atoms with Crippen molar-refractivity contribution >= 4 is 33.4 Å². The first kappa shape index (κ1) is 19.6. The molecule has 0 aliphatic carbocycles. The highest BCUT2D eigenvalue weighted by molar-refractivity contribution is 7.16. The first-order valence-electron chi connectivity index (χ1n) is 8.55. The van der Waals surface area contributed by atoms with Gasteiger partial charge in [-0.2, -0.15) is 4.99 Å². The summed E-state index contributed by atoms with van der Waals surface area (Å²) in [6.45, 7) is 2.63. The highest BCUT2D eigenvalue weighted by atomic mass is 32.1. The average molecular weight is 400 g/mol. The van der Waals surface area contributed by atoms with Gasteiger partial charge in [0.15, 0.2) is 16.3 Å². The fourth-order valence-electron chi connectivity index (χ4n) is 2.81. The summed E-state index contributed by atoms with van der Waals surface area (Å²) in [5, 5.41) is 0. The molecule has 0 aliphatic rings. The van der Waals surface area contributed by atoms with E-state index in [1.807, 2.05) is 23.6 Å². The fraction of sp³-hybridized carbons (Fsp3) is 0.250. The van der Waals surface area contributed by atoms with Gasteiger partial charge in [-0.25, -0.2) is 4.79 Å². The Morgan fingerprint density at radius 2 is 1.61 bits per heavy atom. The third kappa shape index (κ3) is 3.63. The number of benzene rings is 2. The van der Waals surface area contributed by atoms with Crippen LogP contribution in [0, 0.1) is 0 Å². The molecular weight excluding hydrogens is 380 g/mol. The maximum atomic E-state index is 12.6. The standard InChI is InChI=1S/C20H20N2O5S/c1-5-22-14-10-15(25-2)16(26-3)11-17(14)28-20(22)21-18(23)12-6-8-13(9-7-12)19(24)27-4/h6-11H,5H2,1-4H3. The van der Waals surface area contributed by atoms with Crippen molar-refractivity contribution in [2.75, 3.05) is 21.3 Å². The van der Waals surface area contributed by atoms with Gasteiger partial charge in [0.05, 0.1) is 37.1 Å². The third-order valence-corrected chi connectivity index (χ3v) is 5.30. The van der Waals surface area contributed by atoms with E-state index in [-0.39, 0.29) is 5.91 Å². The van der Waals surface area contributed by atoms with Gasteiger partial charge < -0.3 is 18.8 Å². The van der Waals surface area contributed by atoms with Crippen molar-refractivity contribution in [1.82, 2.24) is 4.57 Å². The second-order valence-electron chi connectivity index (χ2n) is 5.79. The molecule has 7 nitrogen and oxygen atoms in total. The summed E-state index contributed by atoms with van der Waals surface area (Å²) in [5.41, 5.74) is 1.68. The van der Waals surface area contributed by atoms with Crippen LogP contribution in [0.4, 0.5) is 0 Å². The van der Waals surface area contributed by atoms with Crippen molar-refractivity contribution in [2.45, 2.75) is 13.5 Å². The number of carbonyl (C=O) groups is 2. The first-order chi connectivity index (χ1) is 13.5. The van der Waals surface area contributed by atoms with Gasteiger partial charge in [-0.1, -0.05) is 11.3 Å². The maximum absolute atomic E-state index is 12.6. The minimum Gasteiger partial charge on any atom is -0.493 e. The van der Waals surface area contributed by atoms with Crippen LogP contribution in [0.15, 0.2) is 41.4 Å². The molecule has 0 bridgehead atoms. The fourth-order valence-corrected chi connectivity index (χ4v) is 3.91. The lowest BCUT2D eigenvalue weighted by Crippen LogP contribution is -2.16. The largest absolute Gasteiger partial charge is 0.493 e. The number of aromatic nitrogens is 1. The van der Waals surface area contributed by atoms with Crippen molar-refractivity contribution in [3.63, 3.8) is 0 Å². The molecule has 8 heteroatoms. The number of rotatable bonds is 5. The Morgan fingerprint density at radius 1 is 1.00 bits per heavy atom. The van der Waals surface area contributed by atoms with Gasteiger partial charge in [-0.15, -0.1) is 0 Å². The van der Waals surface area contributed by atoms with Crippen LogP contribution in [0.2, 0.25) is 0 Å². The number of ether oxygens (including phenoxy) is 3. The van der Waals surface area contributed by atoms with Gasteiger partial charge in [0, 0.05) is 24.2 Å². The van der Waals surface area contributed by atoms with Crippen molar-refractivity contribution in [3.05, 3.63) is 52.3 Å². The topological polar surface area (TPSA) is 79.1 Å². The number of nitrogens with zero attached hydrogens (tertiary/aromatic N) is 2. The first-order valence-corrected chi connectivity index (χ1v) is 9.36. The molecule has 1 heterocycles. The number of thiazole rings is 1. The molecule has 0 spiro atoms. The lowest BCUT2D eigenvalue weighted by molar-refractivity contribution is 0.0600. The van der Waals surface area contributed by atoms with Crippen molar-refractivity contribution in [3.8, 4) is 11.5 Å². The third-order valence-electron chi connectivity index (χ3n) is 4.25. The zero-order valence-corrected chi connectivity index (χ0v) is 16.8. The number of fused-ring (bicyclic) bond motifs is 1. The van der Waals surface area contributed by atoms with Crippen LogP contribution in [0.1, 0.15) is 27.6 Å². The molecular formula is C20H20N2O5S. The summed E-state index contributed by atoms with van der Waals surface area (Å²) < 4.78 is 18.3. The zero-order chi connectivity index (χ0) is 20.3. The van der Waals surface area contributed by atoms with Crippen LogP contribution >= 0.6 is 11.3 Å². The Kier molecular flexibility index (Phi) is 5.79. The number of amides is 1. The predicted octanol–water partition coefficient (Wildman–Crippen LogP) is 3.27. The van der Waals surface area contributed by atoms with Gasteiger partial charge in [0.1, 0.15) is 0 Å². The monoisotopic (exact) mass is 400 g/mol. The summed E-state index contributed by atoms with van der Waals surface area (Å²) in [4.78, 5) is 29.0. The maximum Gasteiger partial charge on any atom is 0.337 e. The molecule has 28 heavy (non-hydrogen) atoms. The van der Waals surface area contributed by atoms with Crippen LogP contribution in [-0.4, -0.2) is 37.8 Å². The Morgan fingerprint density at radius 3 is 2.18 bits per heavy atom. The smallest absolute Gasteiger partial charge is 0.337 e. The molecule has 0 fully saturated rings. The Labute approximate surface area is 165 Å². The van der Waals surface area contributed by atoms with Crippen LogP contribution in [0.3, 0.4) is 0 Å². The second-order valence-corrected chi connectivity index (χ2v) is 6.80. The number of hydrogen-bond donors (Lipinski definition) is 0. The second kappa shape index (κ2) is 8.26. The highest BCUT2D eigenvalue weighted by Gasteiger charge is 2.13. The van der Waals surface area contributed by atoms with Crippen LogP contribution < -0.4 is 14.3 Å².